The topological polar surface area (TPSA) is 57.1 Å². The molecule has 0 radical (unpaired) electrons. The van der Waals surface area contributed by atoms with Crippen LogP contribution in [-0.4, -0.2) is 41.2 Å². The van der Waals surface area contributed by atoms with E-state index in [1.165, 1.54) is 83.5 Å². The average molecular weight is 444 g/mol. The number of carbonyl (C=O) groups excluding carboxylic acids is 1. The third-order valence-electron chi connectivity index (χ3n) is 5.41. The molecule has 0 aliphatic heterocycles. The first kappa shape index (κ1) is 29.5. The van der Waals surface area contributed by atoms with Crippen LogP contribution in [0.1, 0.15) is 117 Å². The highest BCUT2D eigenvalue weighted by Crippen LogP contribution is 2.21. The zero-order valence-electron chi connectivity index (χ0n) is 20.2. The van der Waals surface area contributed by atoms with Gasteiger partial charge < -0.3 is 13.3 Å². The van der Waals surface area contributed by atoms with E-state index in [1.807, 2.05) is 20.8 Å². The van der Waals surface area contributed by atoms with Crippen LogP contribution in [0.5, 0.6) is 0 Å². The van der Waals surface area contributed by atoms with E-state index in [1.54, 1.807) is 6.08 Å². The Hall–Kier alpha value is -0.523. The summed E-state index contributed by atoms with van der Waals surface area (Å²) in [6.07, 6.45) is 21.1. The Balaban J connectivity index is 3.44. The fourth-order valence-electron chi connectivity index (χ4n) is 3.88. The fraction of sp³-hybridized carbons (Fsp3) is 0.958. The van der Waals surface area contributed by atoms with Gasteiger partial charge in [-0.3, -0.25) is 0 Å². The van der Waals surface area contributed by atoms with Gasteiger partial charge in [0.25, 0.3) is 0 Å². The summed E-state index contributed by atoms with van der Waals surface area (Å²) in [7, 11) is -2.42. The monoisotopic (exact) mass is 443 g/mol. The summed E-state index contributed by atoms with van der Waals surface area (Å²) in [5.74, 6) is 0. The van der Waals surface area contributed by atoms with Gasteiger partial charge in [0, 0.05) is 25.9 Å². The number of hydrogen-bond donors (Lipinski definition) is 0. The van der Waals surface area contributed by atoms with E-state index in [0.29, 0.717) is 26.4 Å². The number of unbranched alkanes of at least 4 members (excludes halogenated alkanes) is 14. The van der Waals surface area contributed by atoms with Crippen molar-refractivity contribution in [2.24, 2.45) is 4.99 Å². The van der Waals surface area contributed by atoms with Gasteiger partial charge in [0.1, 0.15) is 0 Å². The molecule has 0 spiro atoms. The van der Waals surface area contributed by atoms with Crippen molar-refractivity contribution in [3.8, 4) is 0 Å². The Bertz CT molecular complexity index is 386. The van der Waals surface area contributed by atoms with Crippen LogP contribution < -0.4 is 0 Å². The van der Waals surface area contributed by atoms with Gasteiger partial charge in [-0.1, -0.05) is 83.5 Å². The highest BCUT2D eigenvalue weighted by Gasteiger charge is 2.39. The van der Waals surface area contributed by atoms with Crippen molar-refractivity contribution < 1.29 is 18.1 Å². The van der Waals surface area contributed by atoms with E-state index in [-0.39, 0.29) is 0 Å². The molecule has 0 aromatic heterocycles. The van der Waals surface area contributed by atoms with E-state index in [2.05, 4.69) is 4.99 Å². The number of nitrogens with zero attached hydrogens (tertiary/aromatic N) is 1. The molecule has 0 aromatic rings. The molecular weight excluding hydrogens is 394 g/mol. The molecule has 0 atom stereocenters. The van der Waals surface area contributed by atoms with Crippen molar-refractivity contribution in [1.82, 2.24) is 0 Å². The quantitative estimate of drug-likeness (QED) is 0.0683. The molecule has 0 saturated heterocycles. The standard InChI is InChI=1S/C24H49NO4Si/c1-4-27-30(28-5-2,29-6-3)23-21-19-17-15-13-11-9-7-8-10-12-14-16-18-20-22-25-24-26/h4-23H2,1-3H3. The van der Waals surface area contributed by atoms with Crippen LogP contribution in [0.2, 0.25) is 6.04 Å². The third-order valence-corrected chi connectivity index (χ3v) is 8.56. The lowest BCUT2D eigenvalue weighted by Crippen LogP contribution is -2.45. The average Bonchev–Trinajstić information content (AvgIpc) is 2.73. The molecule has 6 heteroatoms. The second-order valence-corrected chi connectivity index (χ2v) is 10.7. The Morgan fingerprint density at radius 3 is 1.23 bits per heavy atom. The highest BCUT2D eigenvalue weighted by molar-refractivity contribution is 6.60. The van der Waals surface area contributed by atoms with Gasteiger partial charge >= 0.3 is 8.80 Å². The number of aliphatic imine (C=N–C) groups is 1. The van der Waals surface area contributed by atoms with Crippen LogP contribution >= 0.6 is 0 Å². The van der Waals surface area contributed by atoms with E-state index in [0.717, 1.165) is 18.9 Å². The van der Waals surface area contributed by atoms with Crippen LogP contribution in [-0.2, 0) is 18.1 Å². The summed E-state index contributed by atoms with van der Waals surface area (Å²) < 4.78 is 17.8. The normalized spacial score (nSPS) is 11.6. The van der Waals surface area contributed by atoms with Crippen molar-refractivity contribution in [3.63, 3.8) is 0 Å². The van der Waals surface area contributed by atoms with Crippen molar-refractivity contribution in [3.05, 3.63) is 0 Å². The van der Waals surface area contributed by atoms with E-state index < -0.39 is 8.80 Å². The molecule has 0 aliphatic rings. The maximum atomic E-state index is 9.96. The molecule has 5 nitrogen and oxygen atoms in total. The predicted molar refractivity (Wildman–Crippen MR) is 128 cm³/mol. The van der Waals surface area contributed by atoms with E-state index in [9.17, 15) is 4.79 Å². The van der Waals surface area contributed by atoms with Gasteiger partial charge in [0.15, 0.2) is 0 Å². The molecule has 0 fully saturated rings. The molecule has 0 saturated carbocycles. The Morgan fingerprint density at radius 2 is 0.900 bits per heavy atom. The van der Waals surface area contributed by atoms with Crippen LogP contribution in [0.25, 0.3) is 0 Å². The maximum absolute atomic E-state index is 9.96. The molecule has 0 rings (SSSR count). The minimum atomic E-state index is -2.42. The first-order chi connectivity index (χ1) is 14.7. The third kappa shape index (κ3) is 18.3. The van der Waals surface area contributed by atoms with Gasteiger partial charge in [-0.25, -0.2) is 9.79 Å². The largest absolute Gasteiger partial charge is 0.500 e. The number of isocyanates is 1. The molecule has 178 valence electrons. The summed E-state index contributed by atoms with van der Waals surface area (Å²) in [5, 5.41) is 0. The van der Waals surface area contributed by atoms with E-state index in [4.69, 9.17) is 13.3 Å². The zero-order chi connectivity index (χ0) is 22.2. The van der Waals surface area contributed by atoms with Gasteiger partial charge in [-0.2, -0.15) is 0 Å². The smallest absolute Gasteiger partial charge is 0.374 e. The van der Waals surface area contributed by atoms with Gasteiger partial charge in [-0.15, -0.1) is 0 Å². The molecule has 0 N–H and O–H groups in total. The molecule has 30 heavy (non-hydrogen) atoms. The molecule has 0 aliphatic carbocycles. The van der Waals surface area contributed by atoms with Crippen molar-refractivity contribution in [1.29, 1.82) is 0 Å². The van der Waals surface area contributed by atoms with Crippen molar-refractivity contribution in [2.75, 3.05) is 26.4 Å². The molecule has 0 heterocycles. The summed E-state index contributed by atoms with van der Waals surface area (Å²) >= 11 is 0. The van der Waals surface area contributed by atoms with Crippen LogP contribution in [0.15, 0.2) is 4.99 Å². The fourth-order valence-corrected chi connectivity index (χ4v) is 6.56. The first-order valence-electron chi connectivity index (χ1n) is 12.7. The summed E-state index contributed by atoms with van der Waals surface area (Å²) in [4.78, 5) is 13.5. The van der Waals surface area contributed by atoms with Gasteiger partial charge in [-0.05, 0) is 33.6 Å². The summed E-state index contributed by atoms with van der Waals surface area (Å²) in [6.45, 7) is 8.74. The molecule has 0 amide bonds. The summed E-state index contributed by atoms with van der Waals surface area (Å²) in [6, 6.07) is 0.954. The van der Waals surface area contributed by atoms with Crippen molar-refractivity contribution >= 4 is 14.9 Å². The second kappa shape index (κ2) is 23.1. The van der Waals surface area contributed by atoms with Crippen LogP contribution in [0.4, 0.5) is 0 Å². The first-order valence-corrected chi connectivity index (χ1v) is 14.6. The highest BCUT2D eigenvalue weighted by atomic mass is 28.4. The number of hydrogen-bond acceptors (Lipinski definition) is 5. The Kier molecular flexibility index (Phi) is 22.7. The lowest BCUT2D eigenvalue weighted by Gasteiger charge is -2.28. The zero-order valence-corrected chi connectivity index (χ0v) is 21.2. The predicted octanol–water partition coefficient (Wildman–Crippen LogP) is 7.22. The molecule has 0 aromatic carbocycles. The maximum Gasteiger partial charge on any atom is 0.500 e. The SMILES string of the molecule is CCO[Si](CCCCCCCCCCCCCCCCCN=C=O)(OCC)OCC. The number of rotatable bonds is 24. The van der Waals surface area contributed by atoms with Crippen LogP contribution in [0, 0.1) is 0 Å². The second-order valence-electron chi connectivity index (χ2n) is 8.01. The summed E-state index contributed by atoms with van der Waals surface area (Å²) in [5.41, 5.74) is 0. The van der Waals surface area contributed by atoms with Crippen molar-refractivity contribution in [2.45, 2.75) is 123 Å². The van der Waals surface area contributed by atoms with Gasteiger partial charge in [0.05, 0.1) is 6.54 Å². The minimum absolute atomic E-state index is 0.653. The van der Waals surface area contributed by atoms with Crippen LogP contribution in [0.3, 0.4) is 0 Å². The van der Waals surface area contributed by atoms with E-state index >= 15 is 0 Å². The molecule has 0 unspecified atom stereocenters. The lowest BCUT2D eigenvalue weighted by molar-refractivity contribution is 0.0706. The molecular formula is C24H49NO4Si. The van der Waals surface area contributed by atoms with Gasteiger partial charge in [0.2, 0.25) is 6.08 Å². The lowest BCUT2D eigenvalue weighted by atomic mass is 10.0. The Morgan fingerprint density at radius 1 is 0.567 bits per heavy atom. The molecule has 0 bridgehead atoms. The minimum Gasteiger partial charge on any atom is -0.374 e. The Labute approximate surface area is 187 Å².